The molecular weight excluding hydrogens is 557 g/mol. The maximum atomic E-state index is 13.4. The second-order valence-electron chi connectivity index (χ2n) is 12.4. The van der Waals surface area contributed by atoms with Crippen LogP contribution in [0.15, 0.2) is 66.9 Å². The molecule has 2 aromatic carbocycles. The Balaban J connectivity index is 1.11. The molecule has 3 fully saturated rings. The molecule has 3 aliphatic heterocycles. The van der Waals surface area contributed by atoms with E-state index in [0.717, 1.165) is 56.2 Å². The highest BCUT2D eigenvalue weighted by molar-refractivity contribution is 5.80. The van der Waals surface area contributed by atoms with Gasteiger partial charge in [-0.3, -0.25) is 14.6 Å². The Kier molecular flexibility index (Phi) is 8.26. The van der Waals surface area contributed by atoms with Crippen LogP contribution in [0.1, 0.15) is 55.2 Å². The Bertz CT molecular complexity index is 1320. The number of halogens is 3. The first kappa shape index (κ1) is 29.7. The van der Waals surface area contributed by atoms with E-state index in [1.807, 2.05) is 46.2 Å². The van der Waals surface area contributed by atoms with E-state index in [9.17, 15) is 27.9 Å². The molecule has 4 aliphatic rings. The standard InChI is InChI=1S/C33H39F3N4O3/c34-33(35,36)27-13-11-24(12-14-27)21-38-17-6-18-40(31(38)42)28-15-19-37(20-16-28)29-22-39(30(41)25-7-4-5-8-25)23-32(29,43)26-9-2-1-3-10-26/h1-3,6,9-14,17,25,28-29,43H,4-5,7-8,15-16,18-23H2/t29-,32-/m0/s1. The molecule has 43 heavy (non-hydrogen) atoms. The van der Waals surface area contributed by atoms with E-state index in [0.29, 0.717) is 31.7 Å². The Morgan fingerprint density at radius 1 is 0.953 bits per heavy atom. The third kappa shape index (κ3) is 6.04. The Morgan fingerprint density at radius 3 is 2.28 bits per heavy atom. The van der Waals surface area contributed by atoms with E-state index in [2.05, 4.69) is 4.90 Å². The number of nitrogens with zero attached hydrogens (tertiary/aromatic N) is 4. The zero-order valence-corrected chi connectivity index (χ0v) is 24.3. The minimum absolute atomic E-state index is 0.00579. The van der Waals surface area contributed by atoms with E-state index in [1.165, 1.54) is 12.1 Å². The van der Waals surface area contributed by atoms with Crippen molar-refractivity contribution in [3.63, 3.8) is 0 Å². The lowest BCUT2D eigenvalue weighted by atomic mass is 9.86. The molecule has 3 heterocycles. The summed E-state index contributed by atoms with van der Waals surface area (Å²) in [5.74, 6) is 0.205. The van der Waals surface area contributed by atoms with Gasteiger partial charge in [-0.1, -0.05) is 55.3 Å². The van der Waals surface area contributed by atoms with Crippen molar-refractivity contribution in [2.24, 2.45) is 5.92 Å². The number of alkyl halides is 3. The van der Waals surface area contributed by atoms with Crippen LogP contribution < -0.4 is 0 Å². The fraction of sp³-hybridized carbons (Fsp3) is 0.515. The number of aliphatic hydroxyl groups is 1. The van der Waals surface area contributed by atoms with Gasteiger partial charge in [0.2, 0.25) is 5.91 Å². The number of benzene rings is 2. The molecule has 3 amide bonds. The summed E-state index contributed by atoms with van der Waals surface area (Å²) in [5.41, 5.74) is -0.442. The number of β-amino-alcohol motifs (C(OH)–C–C–N with tert-alkyl or cyclic N) is 1. The lowest BCUT2D eigenvalue weighted by molar-refractivity contribution is -0.137. The van der Waals surface area contributed by atoms with Crippen LogP contribution in [-0.4, -0.2) is 81.5 Å². The third-order valence-electron chi connectivity index (χ3n) is 9.76. The monoisotopic (exact) mass is 596 g/mol. The van der Waals surface area contributed by atoms with Crippen molar-refractivity contribution >= 4 is 11.9 Å². The second-order valence-corrected chi connectivity index (χ2v) is 12.4. The van der Waals surface area contributed by atoms with E-state index < -0.39 is 17.3 Å². The molecule has 1 aliphatic carbocycles. The SMILES string of the molecule is O=C(C1CCCC1)N1C[C@H](N2CCC(N3CC=CN(Cc4ccc(C(F)(F)F)cc4)C3=O)CC2)[C@@](O)(c2ccccc2)C1. The molecule has 0 spiro atoms. The molecule has 0 aromatic heterocycles. The molecule has 7 nitrogen and oxygen atoms in total. The highest BCUT2D eigenvalue weighted by atomic mass is 19.4. The van der Waals surface area contributed by atoms with Gasteiger partial charge in [0.15, 0.2) is 0 Å². The summed E-state index contributed by atoms with van der Waals surface area (Å²) in [6.45, 7) is 2.81. The van der Waals surface area contributed by atoms with Crippen molar-refractivity contribution in [2.75, 3.05) is 32.7 Å². The first-order chi connectivity index (χ1) is 20.6. The molecule has 2 atom stereocenters. The topological polar surface area (TPSA) is 67.3 Å². The van der Waals surface area contributed by atoms with Crippen LogP contribution in [0.3, 0.4) is 0 Å². The number of carbonyl (C=O) groups excluding carboxylic acids is 2. The third-order valence-corrected chi connectivity index (χ3v) is 9.76. The zero-order valence-electron chi connectivity index (χ0n) is 24.3. The molecule has 1 N–H and O–H groups in total. The normalized spacial score (nSPS) is 26.1. The zero-order chi connectivity index (χ0) is 30.2. The van der Waals surface area contributed by atoms with Gasteiger partial charge in [-0.25, -0.2) is 4.79 Å². The van der Waals surface area contributed by atoms with Crippen LogP contribution in [0.2, 0.25) is 0 Å². The largest absolute Gasteiger partial charge is 0.416 e. The molecule has 2 saturated heterocycles. The van der Waals surface area contributed by atoms with Crippen molar-refractivity contribution in [3.05, 3.63) is 83.6 Å². The van der Waals surface area contributed by atoms with Crippen molar-refractivity contribution in [3.8, 4) is 0 Å². The average molecular weight is 597 g/mol. The van der Waals surface area contributed by atoms with E-state index in [-0.39, 0.29) is 43.0 Å². The molecular formula is C33H39F3N4O3. The summed E-state index contributed by atoms with van der Waals surface area (Å²) in [6, 6.07) is 14.2. The van der Waals surface area contributed by atoms with Crippen LogP contribution in [-0.2, 0) is 23.1 Å². The molecule has 0 unspecified atom stereocenters. The van der Waals surface area contributed by atoms with Crippen molar-refractivity contribution in [1.82, 2.24) is 19.6 Å². The summed E-state index contributed by atoms with van der Waals surface area (Å²) in [5, 5.41) is 12.2. The fourth-order valence-corrected chi connectivity index (χ4v) is 7.37. The molecule has 1 saturated carbocycles. The number of likely N-dealkylation sites (tertiary alicyclic amines) is 2. The number of amides is 3. The van der Waals surface area contributed by atoms with Gasteiger partial charge >= 0.3 is 12.2 Å². The molecule has 230 valence electrons. The highest BCUT2D eigenvalue weighted by Crippen LogP contribution is 2.39. The molecule has 2 aromatic rings. The van der Waals surface area contributed by atoms with E-state index in [4.69, 9.17) is 0 Å². The summed E-state index contributed by atoms with van der Waals surface area (Å²) in [6.07, 6.45) is 4.68. The number of hydrogen-bond donors (Lipinski definition) is 1. The number of hydrogen-bond acceptors (Lipinski definition) is 4. The van der Waals surface area contributed by atoms with Crippen LogP contribution >= 0.6 is 0 Å². The van der Waals surface area contributed by atoms with Crippen LogP contribution in [0, 0.1) is 5.92 Å². The Morgan fingerprint density at radius 2 is 1.63 bits per heavy atom. The van der Waals surface area contributed by atoms with Gasteiger partial charge in [-0.05, 0) is 55.0 Å². The van der Waals surface area contributed by atoms with Crippen molar-refractivity contribution < 1.29 is 27.9 Å². The predicted octanol–water partition coefficient (Wildman–Crippen LogP) is 5.21. The van der Waals surface area contributed by atoms with Gasteiger partial charge in [0.1, 0.15) is 5.60 Å². The van der Waals surface area contributed by atoms with Gasteiger partial charge in [0.05, 0.1) is 24.7 Å². The Labute approximate surface area is 250 Å². The second kappa shape index (κ2) is 12.0. The number of piperidine rings is 1. The maximum absolute atomic E-state index is 13.4. The summed E-state index contributed by atoms with van der Waals surface area (Å²) in [4.78, 5) is 34.4. The molecule has 6 rings (SSSR count). The maximum Gasteiger partial charge on any atom is 0.416 e. The van der Waals surface area contributed by atoms with Gasteiger partial charge in [-0.15, -0.1) is 0 Å². The van der Waals surface area contributed by atoms with Gasteiger partial charge in [-0.2, -0.15) is 13.2 Å². The first-order valence-electron chi connectivity index (χ1n) is 15.3. The minimum Gasteiger partial charge on any atom is -0.382 e. The highest BCUT2D eigenvalue weighted by Gasteiger charge is 2.52. The lowest BCUT2D eigenvalue weighted by Crippen LogP contribution is -2.57. The molecule has 10 heteroatoms. The molecule has 0 bridgehead atoms. The average Bonchev–Trinajstić information content (AvgIpc) is 3.68. The predicted molar refractivity (Wildman–Crippen MR) is 155 cm³/mol. The fourth-order valence-electron chi connectivity index (χ4n) is 7.37. The summed E-state index contributed by atoms with van der Waals surface area (Å²) in [7, 11) is 0. The number of urea groups is 1. The first-order valence-corrected chi connectivity index (χ1v) is 15.3. The number of carbonyl (C=O) groups is 2. The van der Waals surface area contributed by atoms with Crippen molar-refractivity contribution in [1.29, 1.82) is 0 Å². The van der Waals surface area contributed by atoms with Crippen molar-refractivity contribution in [2.45, 2.75) is 68.9 Å². The van der Waals surface area contributed by atoms with E-state index in [1.54, 1.807) is 11.1 Å². The lowest BCUT2D eigenvalue weighted by Gasteiger charge is -2.45. The van der Waals surface area contributed by atoms with Crippen LogP contribution in [0.25, 0.3) is 0 Å². The van der Waals surface area contributed by atoms with Crippen LogP contribution in [0.4, 0.5) is 18.0 Å². The summed E-state index contributed by atoms with van der Waals surface area (Å²) < 4.78 is 38.9. The Hall–Kier alpha value is -3.37. The van der Waals surface area contributed by atoms with E-state index >= 15 is 0 Å². The smallest absolute Gasteiger partial charge is 0.382 e. The summed E-state index contributed by atoms with van der Waals surface area (Å²) >= 11 is 0. The minimum atomic E-state index is -4.40. The van der Waals surface area contributed by atoms with Gasteiger partial charge < -0.3 is 14.9 Å². The van der Waals surface area contributed by atoms with Gasteiger partial charge in [0, 0.05) is 44.3 Å². The van der Waals surface area contributed by atoms with Gasteiger partial charge in [0.25, 0.3) is 0 Å². The molecule has 0 radical (unpaired) electrons. The quantitative estimate of drug-likeness (QED) is 0.498. The number of rotatable bonds is 6. The van der Waals surface area contributed by atoms with Crippen LogP contribution in [0.5, 0.6) is 0 Å².